The average Bonchev–Trinajstić information content (AvgIpc) is 2.51. The van der Waals surface area contributed by atoms with Crippen molar-refractivity contribution in [2.45, 2.75) is 33.2 Å². The molecule has 0 aromatic heterocycles. The molecule has 0 unspecified atom stereocenters. The Labute approximate surface area is 132 Å². The minimum atomic E-state index is 0.0633. The second kappa shape index (κ2) is 8.23. The smallest absolute Gasteiger partial charge is 0.220 e. The van der Waals surface area contributed by atoms with Crippen LogP contribution < -0.4 is 10.1 Å². The molecule has 0 radical (unpaired) electrons. The summed E-state index contributed by atoms with van der Waals surface area (Å²) in [7, 11) is 0. The molecule has 116 valence electrons. The van der Waals surface area contributed by atoms with Gasteiger partial charge in [-0.25, -0.2) is 0 Å². The molecule has 0 aliphatic rings. The molecular formula is C19H23NO2. The van der Waals surface area contributed by atoms with E-state index in [1.807, 2.05) is 43.3 Å². The minimum Gasteiger partial charge on any atom is -0.494 e. The standard InChI is InChI=1S/C19H23NO2/c1-15-8-10-17(11-9-15)14-20-19(21)7-4-12-22-18-6-3-5-16(2)13-18/h3,5-6,8-11,13H,4,7,12,14H2,1-2H3,(H,20,21). The lowest BCUT2D eigenvalue weighted by Gasteiger charge is -2.08. The monoisotopic (exact) mass is 297 g/mol. The van der Waals surface area contributed by atoms with E-state index in [1.165, 1.54) is 11.1 Å². The van der Waals surface area contributed by atoms with Crippen molar-refractivity contribution >= 4 is 5.91 Å². The van der Waals surface area contributed by atoms with Crippen LogP contribution in [0.5, 0.6) is 5.75 Å². The van der Waals surface area contributed by atoms with Gasteiger partial charge >= 0.3 is 0 Å². The normalized spacial score (nSPS) is 10.3. The number of nitrogens with one attached hydrogen (secondary N) is 1. The molecule has 1 amide bonds. The van der Waals surface area contributed by atoms with Gasteiger partial charge in [0.05, 0.1) is 6.61 Å². The number of ether oxygens (including phenoxy) is 1. The molecular weight excluding hydrogens is 274 g/mol. The van der Waals surface area contributed by atoms with Crippen LogP contribution in [0.1, 0.15) is 29.5 Å². The third-order valence-electron chi connectivity index (χ3n) is 3.42. The molecule has 2 aromatic carbocycles. The number of amides is 1. The van der Waals surface area contributed by atoms with Crippen molar-refractivity contribution in [3.63, 3.8) is 0 Å². The molecule has 2 aromatic rings. The first-order chi connectivity index (χ1) is 10.6. The predicted octanol–water partition coefficient (Wildman–Crippen LogP) is 3.78. The van der Waals surface area contributed by atoms with Crippen LogP contribution in [0.25, 0.3) is 0 Å². The molecule has 0 atom stereocenters. The molecule has 1 N–H and O–H groups in total. The number of aryl methyl sites for hydroxylation is 2. The summed E-state index contributed by atoms with van der Waals surface area (Å²) in [6.45, 7) is 5.22. The molecule has 0 aliphatic carbocycles. The fraction of sp³-hybridized carbons (Fsp3) is 0.316. The molecule has 0 spiro atoms. The number of benzene rings is 2. The van der Waals surface area contributed by atoms with E-state index in [2.05, 4.69) is 24.4 Å². The highest BCUT2D eigenvalue weighted by atomic mass is 16.5. The molecule has 0 heterocycles. The number of carbonyl (C=O) groups is 1. The van der Waals surface area contributed by atoms with Gasteiger partial charge in [-0.05, 0) is 43.5 Å². The van der Waals surface area contributed by atoms with Crippen molar-refractivity contribution in [3.05, 3.63) is 65.2 Å². The van der Waals surface area contributed by atoms with E-state index in [4.69, 9.17) is 4.74 Å². The lowest BCUT2D eigenvalue weighted by molar-refractivity contribution is -0.121. The molecule has 22 heavy (non-hydrogen) atoms. The highest BCUT2D eigenvalue weighted by Gasteiger charge is 2.02. The topological polar surface area (TPSA) is 38.3 Å². The van der Waals surface area contributed by atoms with E-state index in [0.29, 0.717) is 26.0 Å². The van der Waals surface area contributed by atoms with Gasteiger partial charge < -0.3 is 10.1 Å². The highest BCUT2D eigenvalue weighted by Crippen LogP contribution is 2.12. The van der Waals surface area contributed by atoms with Gasteiger partial charge in [0.1, 0.15) is 5.75 Å². The van der Waals surface area contributed by atoms with E-state index < -0.39 is 0 Å². The first-order valence-corrected chi connectivity index (χ1v) is 7.65. The van der Waals surface area contributed by atoms with Crippen molar-refractivity contribution < 1.29 is 9.53 Å². The maximum Gasteiger partial charge on any atom is 0.220 e. The fourth-order valence-corrected chi connectivity index (χ4v) is 2.12. The minimum absolute atomic E-state index is 0.0633. The van der Waals surface area contributed by atoms with Crippen molar-refractivity contribution in [2.24, 2.45) is 0 Å². The second-order valence-electron chi connectivity index (χ2n) is 5.53. The maximum atomic E-state index is 11.8. The summed E-state index contributed by atoms with van der Waals surface area (Å²) in [6.07, 6.45) is 1.20. The Morgan fingerprint density at radius 2 is 1.82 bits per heavy atom. The van der Waals surface area contributed by atoms with Crippen LogP contribution in [0.15, 0.2) is 48.5 Å². The third kappa shape index (κ3) is 5.60. The molecule has 0 saturated heterocycles. The van der Waals surface area contributed by atoms with Gasteiger partial charge in [-0.3, -0.25) is 4.79 Å². The molecule has 0 aliphatic heterocycles. The Morgan fingerprint density at radius 1 is 1.05 bits per heavy atom. The quantitative estimate of drug-likeness (QED) is 0.790. The van der Waals surface area contributed by atoms with Crippen LogP contribution in [0, 0.1) is 13.8 Å². The Bertz CT molecular complexity index is 605. The summed E-state index contributed by atoms with van der Waals surface area (Å²) in [4.78, 5) is 11.8. The zero-order valence-electron chi connectivity index (χ0n) is 13.3. The number of rotatable bonds is 7. The fourth-order valence-electron chi connectivity index (χ4n) is 2.12. The second-order valence-corrected chi connectivity index (χ2v) is 5.53. The summed E-state index contributed by atoms with van der Waals surface area (Å²) in [5.74, 6) is 0.925. The molecule has 0 bridgehead atoms. The van der Waals surface area contributed by atoms with E-state index in [9.17, 15) is 4.79 Å². The number of hydrogen-bond donors (Lipinski definition) is 1. The van der Waals surface area contributed by atoms with Gasteiger partial charge in [0.25, 0.3) is 0 Å². The van der Waals surface area contributed by atoms with Crippen LogP contribution in [-0.4, -0.2) is 12.5 Å². The Hall–Kier alpha value is -2.29. The first-order valence-electron chi connectivity index (χ1n) is 7.65. The molecule has 2 rings (SSSR count). The van der Waals surface area contributed by atoms with Crippen LogP contribution in [0.4, 0.5) is 0 Å². The lowest BCUT2D eigenvalue weighted by atomic mass is 10.1. The summed E-state index contributed by atoms with van der Waals surface area (Å²) in [5, 5.41) is 2.93. The van der Waals surface area contributed by atoms with E-state index in [-0.39, 0.29) is 5.91 Å². The van der Waals surface area contributed by atoms with Crippen molar-refractivity contribution in [1.29, 1.82) is 0 Å². The van der Waals surface area contributed by atoms with E-state index in [0.717, 1.165) is 11.3 Å². The zero-order valence-corrected chi connectivity index (χ0v) is 13.3. The van der Waals surface area contributed by atoms with Gasteiger partial charge in [0.15, 0.2) is 0 Å². The zero-order chi connectivity index (χ0) is 15.8. The number of carbonyl (C=O) groups excluding carboxylic acids is 1. The van der Waals surface area contributed by atoms with Crippen LogP contribution in [0.2, 0.25) is 0 Å². The summed E-state index contributed by atoms with van der Waals surface area (Å²) >= 11 is 0. The molecule has 3 heteroatoms. The van der Waals surface area contributed by atoms with E-state index in [1.54, 1.807) is 0 Å². The van der Waals surface area contributed by atoms with Gasteiger partial charge in [-0.1, -0.05) is 42.0 Å². The number of hydrogen-bond acceptors (Lipinski definition) is 2. The lowest BCUT2D eigenvalue weighted by Crippen LogP contribution is -2.22. The average molecular weight is 297 g/mol. The molecule has 0 saturated carbocycles. The molecule has 0 fully saturated rings. The van der Waals surface area contributed by atoms with Gasteiger partial charge in [0, 0.05) is 13.0 Å². The van der Waals surface area contributed by atoms with Crippen molar-refractivity contribution in [2.75, 3.05) is 6.61 Å². The first kappa shape index (κ1) is 16.1. The summed E-state index contributed by atoms with van der Waals surface area (Å²) in [6, 6.07) is 16.1. The Kier molecular flexibility index (Phi) is 6.01. The predicted molar refractivity (Wildman–Crippen MR) is 88.9 cm³/mol. The Balaban J connectivity index is 1.62. The van der Waals surface area contributed by atoms with Crippen molar-refractivity contribution in [1.82, 2.24) is 5.32 Å². The highest BCUT2D eigenvalue weighted by molar-refractivity contribution is 5.75. The third-order valence-corrected chi connectivity index (χ3v) is 3.42. The summed E-state index contributed by atoms with van der Waals surface area (Å²) in [5.41, 5.74) is 3.52. The van der Waals surface area contributed by atoms with Gasteiger partial charge in [-0.2, -0.15) is 0 Å². The van der Waals surface area contributed by atoms with E-state index >= 15 is 0 Å². The van der Waals surface area contributed by atoms with Crippen molar-refractivity contribution in [3.8, 4) is 5.75 Å². The summed E-state index contributed by atoms with van der Waals surface area (Å²) < 4.78 is 5.63. The van der Waals surface area contributed by atoms with Gasteiger partial charge in [-0.15, -0.1) is 0 Å². The van der Waals surface area contributed by atoms with Crippen LogP contribution in [-0.2, 0) is 11.3 Å². The molecule has 3 nitrogen and oxygen atoms in total. The van der Waals surface area contributed by atoms with Gasteiger partial charge in [0.2, 0.25) is 5.91 Å². The maximum absolute atomic E-state index is 11.8. The Morgan fingerprint density at radius 3 is 2.55 bits per heavy atom. The SMILES string of the molecule is Cc1ccc(CNC(=O)CCCOc2cccc(C)c2)cc1. The van der Waals surface area contributed by atoms with Crippen LogP contribution >= 0.6 is 0 Å². The largest absolute Gasteiger partial charge is 0.494 e. The van der Waals surface area contributed by atoms with Crippen LogP contribution in [0.3, 0.4) is 0 Å².